The van der Waals surface area contributed by atoms with Gasteiger partial charge in [-0.1, -0.05) is 0 Å². The third-order valence-corrected chi connectivity index (χ3v) is 1.21. The van der Waals surface area contributed by atoms with Gasteiger partial charge in [0.15, 0.2) is 5.05 Å². The Balaban J connectivity index is 3.44. The van der Waals surface area contributed by atoms with E-state index in [-0.39, 0.29) is 18.8 Å². The van der Waals surface area contributed by atoms with E-state index in [1.807, 2.05) is 20.8 Å². The molecule has 0 unspecified atom stereocenters. The highest BCUT2D eigenvalue weighted by Crippen LogP contribution is 2.06. The molecule has 0 radical (unpaired) electrons. The molecule has 0 aromatic heterocycles. The lowest BCUT2D eigenvalue weighted by molar-refractivity contribution is 0.0140. The van der Waals surface area contributed by atoms with Gasteiger partial charge in [0, 0.05) is 0 Å². The highest BCUT2D eigenvalue weighted by Gasteiger charge is 2.11. The molecule has 0 aliphatic rings. The Kier molecular flexibility index (Phi) is 5.37. The SMILES string of the molecule is CC(C)(C)OCC(=S)OCCO. The Morgan fingerprint density at radius 3 is 2.42 bits per heavy atom. The maximum Gasteiger partial charge on any atom is 0.185 e. The number of hydrogen-bond acceptors (Lipinski definition) is 4. The van der Waals surface area contributed by atoms with E-state index in [1.165, 1.54) is 0 Å². The molecule has 72 valence electrons. The van der Waals surface area contributed by atoms with Crippen molar-refractivity contribution in [1.82, 2.24) is 0 Å². The molecule has 0 rings (SSSR count). The molecule has 0 aromatic rings. The summed E-state index contributed by atoms with van der Waals surface area (Å²) in [6, 6.07) is 0. The number of hydrogen-bond donors (Lipinski definition) is 1. The first-order valence-corrected chi connectivity index (χ1v) is 4.27. The van der Waals surface area contributed by atoms with Gasteiger partial charge in [0.2, 0.25) is 0 Å². The second-order valence-electron chi connectivity index (χ2n) is 3.35. The van der Waals surface area contributed by atoms with E-state index >= 15 is 0 Å². The van der Waals surface area contributed by atoms with Crippen molar-refractivity contribution < 1.29 is 14.6 Å². The molecule has 0 bridgehead atoms. The fourth-order valence-electron chi connectivity index (χ4n) is 0.477. The molecular formula is C8H16O3S. The van der Waals surface area contributed by atoms with Crippen LogP contribution in [0.3, 0.4) is 0 Å². The van der Waals surface area contributed by atoms with Crippen molar-refractivity contribution in [2.24, 2.45) is 0 Å². The molecular weight excluding hydrogens is 176 g/mol. The number of aliphatic hydroxyl groups excluding tert-OH is 1. The van der Waals surface area contributed by atoms with Crippen LogP contribution in [0, 0.1) is 0 Å². The predicted molar refractivity (Wildman–Crippen MR) is 51.3 cm³/mol. The van der Waals surface area contributed by atoms with Gasteiger partial charge in [-0.15, -0.1) is 0 Å². The van der Waals surface area contributed by atoms with Crippen molar-refractivity contribution in [2.75, 3.05) is 19.8 Å². The van der Waals surface area contributed by atoms with Crippen LogP contribution in [-0.2, 0) is 9.47 Å². The lowest BCUT2D eigenvalue weighted by Gasteiger charge is -2.19. The quantitative estimate of drug-likeness (QED) is 0.678. The summed E-state index contributed by atoms with van der Waals surface area (Å²) >= 11 is 4.83. The lowest BCUT2D eigenvalue weighted by atomic mass is 10.2. The van der Waals surface area contributed by atoms with Gasteiger partial charge in [-0.25, -0.2) is 0 Å². The van der Waals surface area contributed by atoms with Crippen LogP contribution < -0.4 is 0 Å². The molecule has 0 fully saturated rings. The molecule has 0 aliphatic heterocycles. The van der Waals surface area contributed by atoms with Crippen molar-refractivity contribution >= 4 is 17.3 Å². The number of aliphatic hydroxyl groups is 1. The Morgan fingerprint density at radius 1 is 1.42 bits per heavy atom. The first kappa shape index (κ1) is 11.8. The summed E-state index contributed by atoms with van der Waals surface area (Å²) in [5, 5.41) is 8.81. The monoisotopic (exact) mass is 192 g/mol. The summed E-state index contributed by atoms with van der Waals surface area (Å²) in [6.07, 6.45) is 0. The normalized spacial score (nSPS) is 11.3. The Morgan fingerprint density at radius 2 is 2.00 bits per heavy atom. The van der Waals surface area contributed by atoms with E-state index in [4.69, 9.17) is 26.8 Å². The molecule has 0 spiro atoms. The van der Waals surface area contributed by atoms with E-state index in [0.29, 0.717) is 11.7 Å². The van der Waals surface area contributed by atoms with E-state index in [0.717, 1.165) is 0 Å². The number of thiocarbonyl (C=S) groups is 1. The van der Waals surface area contributed by atoms with Crippen molar-refractivity contribution in [3.8, 4) is 0 Å². The fraction of sp³-hybridized carbons (Fsp3) is 0.875. The summed E-state index contributed by atoms with van der Waals surface area (Å²) in [4.78, 5) is 0. The molecule has 0 aromatic carbocycles. The first-order chi connectivity index (χ1) is 5.45. The van der Waals surface area contributed by atoms with E-state index < -0.39 is 0 Å². The average molecular weight is 192 g/mol. The van der Waals surface area contributed by atoms with Gasteiger partial charge in [-0.2, -0.15) is 0 Å². The Hall–Kier alpha value is -0.190. The molecule has 0 heterocycles. The summed E-state index contributed by atoms with van der Waals surface area (Å²) in [6.45, 7) is 6.37. The van der Waals surface area contributed by atoms with E-state index in [1.54, 1.807) is 0 Å². The molecule has 1 N–H and O–H groups in total. The average Bonchev–Trinajstić information content (AvgIpc) is 1.95. The Bertz CT molecular complexity index is 140. The molecule has 3 nitrogen and oxygen atoms in total. The van der Waals surface area contributed by atoms with Crippen LogP contribution in [-0.4, -0.2) is 35.6 Å². The van der Waals surface area contributed by atoms with Gasteiger partial charge >= 0.3 is 0 Å². The smallest absolute Gasteiger partial charge is 0.185 e. The third kappa shape index (κ3) is 7.91. The molecule has 12 heavy (non-hydrogen) atoms. The minimum absolute atomic E-state index is 0.0182. The molecule has 0 atom stereocenters. The zero-order chi connectivity index (χ0) is 9.61. The van der Waals surface area contributed by atoms with Crippen LogP contribution in [0.5, 0.6) is 0 Å². The maximum atomic E-state index is 8.42. The highest BCUT2D eigenvalue weighted by atomic mass is 32.1. The topological polar surface area (TPSA) is 38.7 Å². The van der Waals surface area contributed by atoms with Crippen molar-refractivity contribution in [3.63, 3.8) is 0 Å². The van der Waals surface area contributed by atoms with Crippen LogP contribution in [0.4, 0.5) is 0 Å². The lowest BCUT2D eigenvalue weighted by Crippen LogP contribution is -2.24. The van der Waals surface area contributed by atoms with Crippen molar-refractivity contribution in [3.05, 3.63) is 0 Å². The summed E-state index contributed by atoms with van der Waals surface area (Å²) < 4.78 is 10.3. The number of rotatable bonds is 4. The highest BCUT2D eigenvalue weighted by molar-refractivity contribution is 7.80. The largest absolute Gasteiger partial charge is 0.482 e. The molecule has 0 amide bonds. The molecule has 0 aliphatic carbocycles. The zero-order valence-corrected chi connectivity index (χ0v) is 8.61. The van der Waals surface area contributed by atoms with Crippen LogP contribution in [0.1, 0.15) is 20.8 Å². The maximum absolute atomic E-state index is 8.42. The van der Waals surface area contributed by atoms with Crippen molar-refractivity contribution in [2.45, 2.75) is 26.4 Å². The van der Waals surface area contributed by atoms with Crippen LogP contribution in [0.25, 0.3) is 0 Å². The van der Waals surface area contributed by atoms with Gasteiger partial charge in [0.05, 0.1) is 12.2 Å². The van der Waals surface area contributed by atoms with Crippen LogP contribution >= 0.6 is 12.2 Å². The van der Waals surface area contributed by atoms with Gasteiger partial charge < -0.3 is 14.6 Å². The van der Waals surface area contributed by atoms with Crippen LogP contribution in [0.15, 0.2) is 0 Å². The molecule has 0 saturated heterocycles. The summed E-state index contributed by atoms with van der Waals surface area (Å²) in [5.74, 6) is 0. The van der Waals surface area contributed by atoms with Gasteiger partial charge in [-0.05, 0) is 33.0 Å². The second kappa shape index (κ2) is 5.45. The predicted octanol–water partition coefficient (Wildman–Crippen LogP) is 1.14. The summed E-state index contributed by atoms with van der Waals surface area (Å²) in [7, 11) is 0. The van der Waals surface area contributed by atoms with E-state index in [2.05, 4.69) is 0 Å². The number of ether oxygens (including phenoxy) is 2. The molecule has 0 saturated carbocycles. The minimum Gasteiger partial charge on any atom is -0.482 e. The molecule has 4 heteroatoms. The van der Waals surface area contributed by atoms with Gasteiger partial charge in [0.1, 0.15) is 13.2 Å². The van der Waals surface area contributed by atoms with Gasteiger partial charge in [-0.3, -0.25) is 0 Å². The minimum atomic E-state index is -0.202. The second-order valence-corrected chi connectivity index (χ2v) is 3.80. The third-order valence-electron chi connectivity index (χ3n) is 0.977. The Labute approximate surface area is 78.7 Å². The standard InChI is InChI=1S/C8H16O3S/c1-8(2,3)11-6-7(12)10-5-4-9/h9H,4-6H2,1-3H3. The van der Waals surface area contributed by atoms with Crippen molar-refractivity contribution in [1.29, 1.82) is 0 Å². The zero-order valence-electron chi connectivity index (χ0n) is 7.79. The van der Waals surface area contributed by atoms with Crippen LogP contribution in [0.2, 0.25) is 0 Å². The van der Waals surface area contributed by atoms with Gasteiger partial charge in [0.25, 0.3) is 0 Å². The first-order valence-electron chi connectivity index (χ1n) is 3.86. The fourth-order valence-corrected chi connectivity index (χ4v) is 0.619. The summed E-state index contributed by atoms with van der Waals surface area (Å²) in [5.41, 5.74) is -0.202. The van der Waals surface area contributed by atoms with E-state index in [9.17, 15) is 0 Å².